The van der Waals surface area contributed by atoms with Gasteiger partial charge in [-0.15, -0.1) is 0 Å². The van der Waals surface area contributed by atoms with E-state index in [-0.39, 0.29) is 12.5 Å². The van der Waals surface area contributed by atoms with Crippen LogP contribution in [0.3, 0.4) is 0 Å². The zero-order chi connectivity index (χ0) is 22.6. The summed E-state index contributed by atoms with van der Waals surface area (Å²) in [6.07, 6.45) is 7.90. The van der Waals surface area contributed by atoms with Crippen LogP contribution in [-0.4, -0.2) is 19.6 Å². The van der Waals surface area contributed by atoms with Crippen molar-refractivity contribution in [3.05, 3.63) is 63.6 Å². The maximum absolute atomic E-state index is 12.2. The van der Waals surface area contributed by atoms with Gasteiger partial charge in [-0.05, 0) is 48.2 Å². The van der Waals surface area contributed by atoms with Gasteiger partial charge >= 0.3 is 0 Å². The van der Waals surface area contributed by atoms with E-state index in [0.29, 0.717) is 34.0 Å². The van der Waals surface area contributed by atoms with E-state index in [4.69, 9.17) is 32.7 Å². The number of hydrogen-bond donors (Lipinski definition) is 1. The molecule has 2 aromatic rings. The van der Waals surface area contributed by atoms with E-state index in [1.165, 1.54) is 12.8 Å². The third-order valence-electron chi connectivity index (χ3n) is 5.16. The van der Waals surface area contributed by atoms with Gasteiger partial charge in [0.2, 0.25) is 5.91 Å². The Morgan fingerprint density at radius 1 is 1.13 bits per heavy atom. The number of amides is 1. The molecular formula is C25H31Cl2NO3. The molecule has 0 bridgehead atoms. The number of carbonyl (C=O) groups is 1. The van der Waals surface area contributed by atoms with Crippen molar-refractivity contribution in [2.75, 3.05) is 13.7 Å². The van der Waals surface area contributed by atoms with Crippen LogP contribution in [-0.2, 0) is 11.4 Å². The molecule has 2 rings (SSSR count). The van der Waals surface area contributed by atoms with E-state index in [9.17, 15) is 4.79 Å². The van der Waals surface area contributed by atoms with Crippen molar-refractivity contribution < 1.29 is 14.3 Å². The molecule has 31 heavy (non-hydrogen) atoms. The molecule has 1 amide bonds. The van der Waals surface area contributed by atoms with Crippen LogP contribution < -0.4 is 14.8 Å². The van der Waals surface area contributed by atoms with Crippen molar-refractivity contribution in [2.24, 2.45) is 5.92 Å². The molecule has 0 saturated carbocycles. The minimum atomic E-state index is -0.0948. The highest BCUT2D eigenvalue weighted by molar-refractivity contribution is 6.35. The third kappa shape index (κ3) is 8.12. The summed E-state index contributed by atoms with van der Waals surface area (Å²) < 4.78 is 11.3. The molecule has 0 aromatic heterocycles. The van der Waals surface area contributed by atoms with Crippen molar-refractivity contribution in [1.29, 1.82) is 0 Å². The number of rotatable bonds is 12. The Kier molecular flexibility index (Phi) is 10.8. The number of unbranched alkanes of at least 4 members (excludes halogenated alkanes) is 1. The minimum Gasteiger partial charge on any atom is -0.493 e. The summed E-state index contributed by atoms with van der Waals surface area (Å²) in [5.41, 5.74) is 1.56. The van der Waals surface area contributed by atoms with Gasteiger partial charge in [-0.1, -0.05) is 68.4 Å². The van der Waals surface area contributed by atoms with Gasteiger partial charge in [0.1, 0.15) is 6.61 Å². The average Bonchev–Trinajstić information content (AvgIpc) is 2.77. The molecule has 1 N–H and O–H groups in total. The van der Waals surface area contributed by atoms with E-state index >= 15 is 0 Å². The highest BCUT2D eigenvalue weighted by Gasteiger charge is 2.10. The molecule has 0 radical (unpaired) electrons. The lowest BCUT2D eigenvalue weighted by Crippen LogP contribution is -2.27. The summed E-state index contributed by atoms with van der Waals surface area (Å²) in [6, 6.07) is 10.8. The second-order valence-electron chi connectivity index (χ2n) is 7.39. The van der Waals surface area contributed by atoms with Gasteiger partial charge in [0, 0.05) is 28.2 Å². The quantitative estimate of drug-likeness (QED) is 0.347. The number of halogens is 2. The maximum Gasteiger partial charge on any atom is 0.244 e. The highest BCUT2D eigenvalue weighted by atomic mass is 35.5. The van der Waals surface area contributed by atoms with E-state index in [2.05, 4.69) is 19.2 Å². The van der Waals surface area contributed by atoms with Gasteiger partial charge in [-0.2, -0.15) is 0 Å². The van der Waals surface area contributed by atoms with Gasteiger partial charge in [0.05, 0.1) is 7.11 Å². The summed E-state index contributed by atoms with van der Waals surface area (Å²) in [6.45, 7) is 5.28. The molecule has 0 aliphatic carbocycles. The van der Waals surface area contributed by atoms with Crippen LogP contribution in [0.4, 0.5) is 0 Å². The first-order chi connectivity index (χ1) is 15.0. The standard InChI is InChI=1S/C25H31Cl2NO3/c1-4-6-8-18(5-2)16-28-25(29)14-12-19-11-13-23(24(15-19)30-3)31-17-20-21(26)9-7-10-22(20)27/h7,9-15,18H,4-6,8,16-17H2,1-3H3,(H,28,29)/b14-12+. The molecule has 0 aliphatic heterocycles. The topological polar surface area (TPSA) is 47.6 Å². The van der Waals surface area contributed by atoms with Gasteiger partial charge < -0.3 is 14.8 Å². The first-order valence-electron chi connectivity index (χ1n) is 10.7. The monoisotopic (exact) mass is 463 g/mol. The number of methoxy groups -OCH3 is 1. The van der Waals surface area contributed by atoms with Gasteiger partial charge in [0.15, 0.2) is 11.5 Å². The Morgan fingerprint density at radius 2 is 1.87 bits per heavy atom. The summed E-state index contributed by atoms with van der Waals surface area (Å²) in [5, 5.41) is 4.10. The largest absolute Gasteiger partial charge is 0.493 e. The fraction of sp³-hybridized carbons (Fsp3) is 0.400. The maximum atomic E-state index is 12.2. The molecule has 168 valence electrons. The van der Waals surface area contributed by atoms with Crippen LogP contribution in [0, 0.1) is 5.92 Å². The lowest BCUT2D eigenvalue weighted by atomic mass is 9.99. The Morgan fingerprint density at radius 3 is 2.52 bits per heavy atom. The Balaban J connectivity index is 1.96. The Labute approximate surface area is 195 Å². The first kappa shape index (κ1) is 25.1. The normalized spacial score (nSPS) is 12.0. The lowest BCUT2D eigenvalue weighted by Gasteiger charge is -2.14. The van der Waals surface area contributed by atoms with Crippen molar-refractivity contribution in [3.8, 4) is 11.5 Å². The SMILES string of the molecule is CCCCC(CC)CNC(=O)/C=C/c1ccc(OCc2c(Cl)cccc2Cl)c(OC)c1. The number of ether oxygens (including phenoxy) is 2. The summed E-state index contributed by atoms with van der Waals surface area (Å²) >= 11 is 12.4. The predicted octanol–water partition coefficient (Wildman–Crippen LogP) is 6.93. The summed E-state index contributed by atoms with van der Waals surface area (Å²) in [5.74, 6) is 1.57. The zero-order valence-electron chi connectivity index (χ0n) is 18.4. The van der Waals surface area contributed by atoms with Crippen LogP contribution in [0.25, 0.3) is 6.08 Å². The average molecular weight is 464 g/mol. The van der Waals surface area contributed by atoms with Gasteiger partial charge in [0.25, 0.3) is 0 Å². The molecule has 4 nitrogen and oxygen atoms in total. The van der Waals surface area contributed by atoms with Crippen LogP contribution in [0.1, 0.15) is 50.7 Å². The van der Waals surface area contributed by atoms with Crippen molar-refractivity contribution in [2.45, 2.75) is 46.1 Å². The highest BCUT2D eigenvalue weighted by Crippen LogP contribution is 2.31. The minimum absolute atomic E-state index is 0.0948. The number of nitrogens with one attached hydrogen (secondary N) is 1. The van der Waals surface area contributed by atoms with E-state index < -0.39 is 0 Å². The molecule has 0 spiro atoms. The van der Waals surface area contributed by atoms with Crippen molar-refractivity contribution >= 4 is 35.2 Å². The van der Waals surface area contributed by atoms with Crippen LogP contribution in [0.5, 0.6) is 11.5 Å². The molecule has 0 aliphatic rings. The number of carbonyl (C=O) groups excluding carboxylic acids is 1. The molecule has 1 unspecified atom stereocenters. The fourth-order valence-corrected chi connectivity index (χ4v) is 3.65. The van der Waals surface area contributed by atoms with Crippen molar-refractivity contribution in [3.63, 3.8) is 0 Å². The Bertz CT molecular complexity index is 863. The molecule has 0 heterocycles. The molecule has 0 fully saturated rings. The molecule has 6 heteroatoms. The second kappa shape index (κ2) is 13.3. The van der Waals surface area contributed by atoms with Crippen LogP contribution in [0.2, 0.25) is 10.0 Å². The summed E-state index contributed by atoms with van der Waals surface area (Å²) in [7, 11) is 1.58. The van der Waals surface area contributed by atoms with E-state index in [1.807, 2.05) is 12.1 Å². The van der Waals surface area contributed by atoms with Crippen LogP contribution >= 0.6 is 23.2 Å². The second-order valence-corrected chi connectivity index (χ2v) is 8.21. The van der Waals surface area contributed by atoms with Crippen molar-refractivity contribution in [1.82, 2.24) is 5.32 Å². The smallest absolute Gasteiger partial charge is 0.244 e. The summed E-state index contributed by atoms with van der Waals surface area (Å²) in [4.78, 5) is 12.2. The van der Waals surface area contributed by atoms with E-state index in [0.717, 1.165) is 24.0 Å². The van der Waals surface area contributed by atoms with Gasteiger partial charge in [-0.25, -0.2) is 0 Å². The van der Waals surface area contributed by atoms with Crippen LogP contribution in [0.15, 0.2) is 42.5 Å². The third-order valence-corrected chi connectivity index (χ3v) is 5.87. The number of hydrogen-bond acceptors (Lipinski definition) is 3. The van der Waals surface area contributed by atoms with E-state index in [1.54, 1.807) is 43.5 Å². The predicted molar refractivity (Wildman–Crippen MR) is 129 cm³/mol. The fourth-order valence-electron chi connectivity index (χ4n) is 3.15. The first-order valence-corrected chi connectivity index (χ1v) is 11.4. The molecule has 0 saturated heterocycles. The Hall–Kier alpha value is -2.17. The molecule has 2 aromatic carbocycles. The van der Waals surface area contributed by atoms with Gasteiger partial charge in [-0.3, -0.25) is 4.79 Å². The zero-order valence-corrected chi connectivity index (χ0v) is 19.9. The molecular weight excluding hydrogens is 433 g/mol. The molecule has 1 atom stereocenters. The number of benzene rings is 2. The lowest BCUT2D eigenvalue weighted by molar-refractivity contribution is -0.116.